The summed E-state index contributed by atoms with van der Waals surface area (Å²) in [6.07, 6.45) is -0.0921. The molecule has 1 heterocycles. The Hall–Kier alpha value is -3.06. The number of benzene rings is 2. The van der Waals surface area contributed by atoms with Gasteiger partial charge in [-0.15, -0.1) is 0 Å². The molecule has 1 saturated heterocycles. The van der Waals surface area contributed by atoms with E-state index < -0.39 is 5.91 Å². The molecule has 0 aromatic heterocycles. The van der Waals surface area contributed by atoms with E-state index >= 15 is 0 Å². The Bertz CT molecular complexity index is 916. The lowest BCUT2D eigenvalue weighted by Gasteiger charge is -2.22. The zero-order valence-electron chi connectivity index (χ0n) is 15.9. The average molecular weight is 416 g/mol. The van der Waals surface area contributed by atoms with Crippen molar-refractivity contribution in [1.82, 2.24) is 10.2 Å². The first kappa shape index (κ1) is 20.7. The quantitative estimate of drug-likeness (QED) is 0.725. The molecule has 3 amide bonds. The molecule has 0 aliphatic carbocycles. The maximum Gasteiger partial charge on any atom is 0.410 e. The molecule has 3 N–H and O–H groups in total. The second kappa shape index (κ2) is 8.96. The minimum atomic E-state index is -0.600. The topological polar surface area (TPSA) is 102 Å². The van der Waals surface area contributed by atoms with E-state index in [-0.39, 0.29) is 30.7 Å². The second-order valence-electron chi connectivity index (χ2n) is 6.98. The number of ether oxygens (including phenoxy) is 1. The molecule has 1 aliphatic rings. The number of hydrogen-bond donors (Lipinski definition) is 2. The van der Waals surface area contributed by atoms with Crippen LogP contribution < -0.4 is 11.1 Å². The van der Waals surface area contributed by atoms with Crippen molar-refractivity contribution in [1.29, 1.82) is 0 Å². The number of primary amides is 1. The van der Waals surface area contributed by atoms with Crippen LogP contribution in [0.4, 0.5) is 4.79 Å². The van der Waals surface area contributed by atoms with Crippen molar-refractivity contribution in [3.63, 3.8) is 0 Å². The molecule has 29 heavy (non-hydrogen) atoms. The second-order valence-corrected chi connectivity index (χ2v) is 7.42. The Morgan fingerprint density at radius 2 is 2.00 bits per heavy atom. The fourth-order valence-electron chi connectivity index (χ4n) is 3.23. The standard InChI is InChI=1S/C21H22ClN3O4/c1-13(9-14-5-7-15(8-6-14)20(27)24-11-19(23)26)25-12-18(29-21(25)28)16-3-2-4-17(22)10-16/h2-8,10,13,18H,9,11-12H2,1H3,(H2,23,26)(H,24,27)/t13-,18-/m0/s1. The van der Waals surface area contributed by atoms with Crippen LogP contribution in [0.1, 0.15) is 34.5 Å². The first-order valence-corrected chi connectivity index (χ1v) is 9.59. The van der Waals surface area contributed by atoms with Crippen molar-refractivity contribution in [2.75, 3.05) is 13.1 Å². The van der Waals surface area contributed by atoms with Gasteiger partial charge >= 0.3 is 6.09 Å². The van der Waals surface area contributed by atoms with E-state index in [0.717, 1.165) is 11.1 Å². The van der Waals surface area contributed by atoms with Crippen LogP contribution in [0.15, 0.2) is 48.5 Å². The summed E-state index contributed by atoms with van der Waals surface area (Å²) >= 11 is 6.03. The monoisotopic (exact) mass is 415 g/mol. The molecule has 0 radical (unpaired) electrons. The van der Waals surface area contributed by atoms with Gasteiger partial charge in [-0.1, -0.05) is 35.9 Å². The van der Waals surface area contributed by atoms with E-state index in [4.69, 9.17) is 22.1 Å². The summed E-state index contributed by atoms with van der Waals surface area (Å²) in [5, 5.41) is 3.04. The van der Waals surface area contributed by atoms with Gasteiger partial charge in [-0.25, -0.2) is 4.79 Å². The highest BCUT2D eigenvalue weighted by Gasteiger charge is 2.35. The van der Waals surface area contributed by atoms with Crippen LogP contribution in [0, 0.1) is 0 Å². The number of nitrogens with zero attached hydrogens (tertiary/aromatic N) is 1. The minimum Gasteiger partial charge on any atom is -0.439 e. The van der Waals surface area contributed by atoms with Gasteiger partial charge in [-0.3, -0.25) is 9.59 Å². The fourth-order valence-corrected chi connectivity index (χ4v) is 3.43. The van der Waals surface area contributed by atoms with Gasteiger partial charge in [0.1, 0.15) is 6.10 Å². The number of nitrogens with one attached hydrogen (secondary N) is 1. The number of hydrogen-bond acceptors (Lipinski definition) is 4. The summed E-state index contributed by atoms with van der Waals surface area (Å²) in [6, 6.07) is 14.2. The largest absolute Gasteiger partial charge is 0.439 e. The summed E-state index contributed by atoms with van der Waals surface area (Å²) in [7, 11) is 0. The SMILES string of the molecule is C[C@@H](Cc1ccc(C(=O)NCC(N)=O)cc1)N1C[C@@H](c2cccc(Cl)c2)OC1=O. The zero-order valence-corrected chi connectivity index (χ0v) is 16.7. The normalized spacial score (nSPS) is 17.0. The summed E-state index contributed by atoms with van der Waals surface area (Å²) < 4.78 is 5.51. The predicted octanol–water partition coefficient (Wildman–Crippen LogP) is 2.68. The van der Waals surface area contributed by atoms with E-state index in [2.05, 4.69) is 5.32 Å². The van der Waals surface area contributed by atoms with Crippen molar-refractivity contribution in [3.8, 4) is 0 Å². The molecular weight excluding hydrogens is 394 g/mol. The third kappa shape index (κ3) is 5.26. The molecule has 8 heteroatoms. The molecule has 3 rings (SSSR count). The van der Waals surface area contributed by atoms with Gasteiger partial charge in [-0.2, -0.15) is 0 Å². The molecule has 0 unspecified atom stereocenters. The molecule has 1 fully saturated rings. The lowest BCUT2D eigenvalue weighted by atomic mass is 10.0. The number of amides is 3. The average Bonchev–Trinajstić information content (AvgIpc) is 3.08. The van der Waals surface area contributed by atoms with E-state index in [0.29, 0.717) is 23.6 Å². The highest BCUT2D eigenvalue weighted by Crippen LogP contribution is 2.29. The number of rotatable bonds is 7. The van der Waals surface area contributed by atoms with Crippen molar-refractivity contribution < 1.29 is 19.1 Å². The highest BCUT2D eigenvalue weighted by molar-refractivity contribution is 6.30. The number of carbonyl (C=O) groups is 3. The number of cyclic esters (lactones) is 1. The molecule has 2 atom stereocenters. The van der Waals surface area contributed by atoms with E-state index in [1.165, 1.54) is 0 Å². The smallest absolute Gasteiger partial charge is 0.410 e. The van der Waals surface area contributed by atoms with Crippen LogP contribution in [-0.4, -0.2) is 41.9 Å². The summed E-state index contributed by atoms with van der Waals surface area (Å²) in [5.41, 5.74) is 7.30. The van der Waals surface area contributed by atoms with Crippen LogP contribution >= 0.6 is 11.6 Å². The Labute approximate surface area is 173 Å². The molecule has 0 bridgehead atoms. The first-order chi connectivity index (χ1) is 13.8. The fraction of sp³-hybridized carbons (Fsp3) is 0.286. The third-order valence-electron chi connectivity index (χ3n) is 4.76. The Morgan fingerprint density at radius 3 is 2.66 bits per heavy atom. The van der Waals surface area contributed by atoms with Gasteiger partial charge in [0.05, 0.1) is 13.1 Å². The van der Waals surface area contributed by atoms with Crippen molar-refractivity contribution in [3.05, 3.63) is 70.2 Å². The van der Waals surface area contributed by atoms with Gasteiger partial charge in [0.15, 0.2) is 0 Å². The molecule has 0 spiro atoms. The Balaban J connectivity index is 1.60. The summed E-state index contributed by atoms with van der Waals surface area (Å²) in [4.78, 5) is 36.7. The van der Waals surface area contributed by atoms with Crippen LogP contribution in [0.5, 0.6) is 0 Å². The lowest BCUT2D eigenvalue weighted by Crippen LogP contribution is -2.35. The summed E-state index contributed by atoms with van der Waals surface area (Å²) in [5.74, 6) is -0.965. The Morgan fingerprint density at radius 1 is 1.28 bits per heavy atom. The van der Waals surface area contributed by atoms with Crippen molar-refractivity contribution in [2.45, 2.75) is 25.5 Å². The van der Waals surface area contributed by atoms with E-state index in [9.17, 15) is 14.4 Å². The number of nitrogens with two attached hydrogens (primary N) is 1. The highest BCUT2D eigenvalue weighted by atomic mass is 35.5. The van der Waals surface area contributed by atoms with Gasteiger partial charge < -0.3 is 20.7 Å². The van der Waals surface area contributed by atoms with E-state index in [1.54, 1.807) is 29.2 Å². The van der Waals surface area contributed by atoms with Crippen molar-refractivity contribution in [2.24, 2.45) is 5.73 Å². The van der Waals surface area contributed by atoms with Gasteiger partial charge in [0, 0.05) is 16.6 Å². The maximum atomic E-state index is 12.3. The molecular formula is C21H22ClN3O4. The summed E-state index contributed by atoms with van der Waals surface area (Å²) in [6.45, 7) is 2.20. The molecule has 2 aromatic rings. The van der Waals surface area contributed by atoms with Crippen LogP contribution in [0.25, 0.3) is 0 Å². The molecule has 7 nitrogen and oxygen atoms in total. The van der Waals surface area contributed by atoms with Crippen LogP contribution in [-0.2, 0) is 16.0 Å². The lowest BCUT2D eigenvalue weighted by molar-refractivity contribution is -0.117. The number of carbonyl (C=O) groups excluding carboxylic acids is 3. The molecule has 2 aromatic carbocycles. The zero-order chi connectivity index (χ0) is 21.0. The predicted molar refractivity (Wildman–Crippen MR) is 109 cm³/mol. The van der Waals surface area contributed by atoms with Gasteiger partial charge in [-0.05, 0) is 48.7 Å². The third-order valence-corrected chi connectivity index (χ3v) is 5.00. The number of halogens is 1. The van der Waals surface area contributed by atoms with Gasteiger partial charge in [0.2, 0.25) is 5.91 Å². The van der Waals surface area contributed by atoms with Gasteiger partial charge in [0.25, 0.3) is 5.91 Å². The maximum absolute atomic E-state index is 12.3. The first-order valence-electron chi connectivity index (χ1n) is 9.21. The van der Waals surface area contributed by atoms with E-state index in [1.807, 2.05) is 31.2 Å². The van der Waals surface area contributed by atoms with Crippen molar-refractivity contribution >= 4 is 29.5 Å². The van der Waals surface area contributed by atoms with Crippen LogP contribution in [0.2, 0.25) is 5.02 Å². The molecule has 152 valence electrons. The minimum absolute atomic E-state index is 0.0822. The Kier molecular flexibility index (Phi) is 6.39. The molecule has 0 saturated carbocycles. The van der Waals surface area contributed by atoms with Crippen LogP contribution in [0.3, 0.4) is 0 Å². The molecule has 1 aliphatic heterocycles.